The van der Waals surface area contributed by atoms with Crippen molar-refractivity contribution in [2.24, 2.45) is 0 Å². The first kappa shape index (κ1) is 18.1. The summed E-state index contributed by atoms with van der Waals surface area (Å²) in [5, 5.41) is 3.06. The number of imidazole rings is 1. The van der Waals surface area contributed by atoms with Gasteiger partial charge in [0.2, 0.25) is 0 Å². The Bertz CT molecular complexity index is 1000. The second kappa shape index (κ2) is 6.91. The smallest absolute Gasteiger partial charge is 0.295 e. The van der Waals surface area contributed by atoms with E-state index in [1.807, 2.05) is 6.92 Å². The number of aryl methyl sites for hydroxylation is 1. The van der Waals surface area contributed by atoms with E-state index in [0.29, 0.717) is 34.7 Å². The van der Waals surface area contributed by atoms with Gasteiger partial charge in [-0.3, -0.25) is 14.1 Å². The molecule has 1 atom stereocenters. The molecule has 9 nitrogen and oxygen atoms in total. The molecule has 0 saturated carbocycles. The van der Waals surface area contributed by atoms with Crippen molar-refractivity contribution in [2.75, 3.05) is 31.3 Å². The van der Waals surface area contributed by atoms with Crippen LogP contribution in [0, 0.1) is 0 Å². The van der Waals surface area contributed by atoms with Crippen LogP contribution in [0.5, 0.6) is 0 Å². The zero-order chi connectivity index (χ0) is 19.0. The molecule has 3 heterocycles. The molecule has 0 spiro atoms. The van der Waals surface area contributed by atoms with Crippen molar-refractivity contribution in [3.05, 3.63) is 28.2 Å². The number of anilines is 1. The number of nitrogens with zero attached hydrogens (tertiary/aromatic N) is 6. The van der Waals surface area contributed by atoms with Crippen molar-refractivity contribution in [1.82, 2.24) is 28.9 Å². The van der Waals surface area contributed by atoms with Crippen LogP contribution in [0.3, 0.4) is 0 Å². The molecule has 0 fully saturated rings. The van der Waals surface area contributed by atoms with Crippen molar-refractivity contribution in [2.45, 2.75) is 40.2 Å². The number of fused-ring (bicyclic) bond motifs is 3. The van der Waals surface area contributed by atoms with E-state index in [1.165, 1.54) is 0 Å². The lowest BCUT2D eigenvalue weighted by molar-refractivity contribution is 0.226. The molecule has 26 heavy (non-hydrogen) atoms. The van der Waals surface area contributed by atoms with Gasteiger partial charge >= 0.3 is 0 Å². The first-order chi connectivity index (χ1) is 12.5. The van der Waals surface area contributed by atoms with Gasteiger partial charge in [0.25, 0.3) is 5.56 Å². The fraction of sp³-hybridized carbons (Fsp3) is 0.529. The number of nitrogen functional groups attached to an aromatic ring is 1. The molecular weight excluding hydrogens is 332 g/mol. The van der Waals surface area contributed by atoms with Crippen molar-refractivity contribution in [3.8, 4) is 0 Å². The Labute approximate surface area is 151 Å². The lowest BCUT2D eigenvalue weighted by atomic mass is 10.2. The summed E-state index contributed by atoms with van der Waals surface area (Å²) in [4.78, 5) is 28.7. The number of hydrogen-bond donors (Lipinski definition) is 2. The quantitative estimate of drug-likeness (QED) is 0.637. The monoisotopic (exact) mass is 358 g/mol. The van der Waals surface area contributed by atoms with E-state index < -0.39 is 0 Å². The average Bonchev–Trinajstić information content (AvgIpc) is 3.10. The lowest BCUT2D eigenvalue weighted by Crippen LogP contribution is -2.32. The maximum absolute atomic E-state index is 12.6. The first-order valence-electron chi connectivity index (χ1n) is 8.98. The standard InChI is InChI=1S/C17H26N8O/c1-6-12-20-9-11-17(26)25(18)13-15(19-5)21-14(22-16(13)24(11)12)10(4)23(7-2)8-3/h9-10H,6-8,18H2,1-5H3,(H,19,21,22). The van der Waals surface area contributed by atoms with Crippen LogP contribution in [-0.2, 0) is 6.42 Å². The molecule has 0 amide bonds. The van der Waals surface area contributed by atoms with Gasteiger partial charge in [-0.25, -0.2) is 19.6 Å². The highest BCUT2D eigenvalue weighted by atomic mass is 16.1. The molecule has 0 aliphatic rings. The second-order valence-corrected chi connectivity index (χ2v) is 6.17. The minimum atomic E-state index is -0.325. The van der Waals surface area contributed by atoms with Crippen LogP contribution in [0.1, 0.15) is 45.4 Å². The van der Waals surface area contributed by atoms with Gasteiger partial charge in [-0.05, 0) is 20.0 Å². The van der Waals surface area contributed by atoms with Gasteiger partial charge in [0.05, 0.1) is 12.2 Å². The summed E-state index contributed by atoms with van der Waals surface area (Å²) < 4.78 is 2.89. The maximum atomic E-state index is 12.6. The molecule has 0 radical (unpaired) electrons. The molecule has 140 valence electrons. The Morgan fingerprint density at radius 3 is 2.54 bits per heavy atom. The maximum Gasteiger partial charge on any atom is 0.295 e. The SMILES string of the molecule is CCc1ncc2c(=O)n(N)c3c(NC)nc(C(C)N(CC)CC)nc3n12. The molecular formula is C17H26N8O. The molecule has 9 heteroatoms. The summed E-state index contributed by atoms with van der Waals surface area (Å²) in [6, 6.07) is 0.0308. The number of nitrogens with two attached hydrogens (primary N) is 1. The van der Waals surface area contributed by atoms with E-state index in [2.05, 4.69) is 41.0 Å². The van der Waals surface area contributed by atoms with Gasteiger partial charge in [0, 0.05) is 13.5 Å². The Hall–Kier alpha value is -2.68. The number of aromatic nitrogens is 5. The molecule has 3 aromatic rings. The number of hydrogen-bond acceptors (Lipinski definition) is 7. The molecule has 1 unspecified atom stereocenters. The van der Waals surface area contributed by atoms with Gasteiger partial charge in [-0.15, -0.1) is 0 Å². The summed E-state index contributed by atoms with van der Waals surface area (Å²) >= 11 is 0. The van der Waals surface area contributed by atoms with Crippen molar-refractivity contribution >= 4 is 22.5 Å². The van der Waals surface area contributed by atoms with E-state index in [9.17, 15) is 4.79 Å². The van der Waals surface area contributed by atoms with E-state index in [4.69, 9.17) is 10.8 Å². The van der Waals surface area contributed by atoms with Gasteiger partial charge in [-0.2, -0.15) is 0 Å². The third-order valence-electron chi connectivity index (χ3n) is 4.90. The minimum Gasteiger partial charge on any atom is -0.371 e. The van der Waals surface area contributed by atoms with Crippen LogP contribution in [-0.4, -0.2) is 49.1 Å². The molecule has 0 aliphatic carbocycles. The van der Waals surface area contributed by atoms with Crippen molar-refractivity contribution < 1.29 is 0 Å². The Balaban J connectivity index is 2.43. The normalized spacial score (nSPS) is 13.0. The zero-order valence-corrected chi connectivity index (χ0v) is 15.9. The van der Waals surface area contributed by atoms with Crippen LogP contribution in [0.25, 0.3) is 16.7 Å². The molecule has 3 rings (SSSR count). The van der Waals surface area contributed by atoms with Gasteiger partial charge in [-0.1, -0.05) is 20.8 Å². The largest absolute Gasteiger partial charge is 0.371 e. The predicted molar refractivity (Wildman–Crippen MR) is 103 cm³/mol. The van der Waals surface area contributed by atoms with Crippen LogP contribution in [0.15, 0.2) is 11.0 Å². The molecule has 0 aromatic carbocycles. The highest BCUT2D eigenvalue weighted by Gasteiger charge is 2.22. The van der Waals surface area contributed by atoms with Crippen LogP contribution < -0.4 is 16.7 Å². The molecule has 0 saturated heterocycles. The Morgan fingerprint density at radius 1 is 1.27 bits per heavy atom. The highest BCUT2D eigenvalue weighted by molar-refractivity contribution is 5.85. The summed E-state index contributed by atoms with van der Waals surface area (Å²) in [5.41, 5.74) is 1.14. The highest BCUT2D eigenvalue weighted by Crippen LogP contribution is 2.24. The van der Waals surface area contributed by atoms with Gasteiger partial charge in [0.15, 0.2) is 17.0 Å². The Morgan fingerprint density at radius 2 is 1.96 bits per heavy atom. The predicted octanol–water partition coefficient (Wildman–Crippen LogP) is 1.16. The summed E-state index contributed by atoms with van der Waals surface area (Å²) in [6.45, 7) is 10.1. The van der Waals surface area contributed by atoms with E-state index in [1.54, 1.807) is 17.6 Å². The zero-order valence-electron chi connectivity index (χ0n) is 15.9. The van der Waals surface area contributed by atoms with Gasteiger partial charge in [0.1, 0.15) is 17.2 Å². The molecule has 0 bridgehead atoms. The third kappa shape index (κ3) is 2.59. The average molecular weight is 358 g/mol. The lowest BCUT2D eigenvalue weighted by Gasteiger charge is -2.25. The first-order valence-corrected chi connectivity index (χ1v) is 8.98. The number of rotatable bonds is 6. The molecule has 0 aliphatic heterocycles. The summed E-state index contributed by atoms with van der Waals surface area (Å²) in [6.07, 6.45) is 2.23. The Kier molecular flexibility index (Phi) is 4.82. The fourth-order valence-electron chi connectivity index (χ4n) is 3.39. The topological polar surface area (TPSA) is 106 Å². The summed E-state index contributed by atoms with van der Waals surface area (Å²) in [5.74, 6) is 8.06. The molecule has 3 N–H and O–H groups in total. The van der Waals surface area contributed by atoms with Crippen molar-refractivity contribution in [1.29, 1.82) is 0 Å². The summed E-state index contributed by atoms with van der Waals surface area (Å²) in [7, 11) is 1.76. The minimum absolute atomic E-state index is 0.0308. The number of nitrogens with one attached hydrogen (secondary N) is 1. The van der Waals surface area contributed by atoms with Gasteiger partial charge < -0.3 is 11.2 Å². The van der Waals surface area contributed by atoms with E-state index in [-0.39, 0.29) is 11.6 Å². The molecule has 3 aromatic heterocycles. The van der Waals surface area contributed by atoms with Crippen LogP contribution >= 0.6 is 0 Å². The van der Waals surface area contributed by atoms with Crippen molar-refractivity contribution in [3.63, 3.8) is 0 Å². The van der Waals surface area contributed by atoms with E-state index in [0.717, 1.165) is 23.6 Å². The van der Waals surface area contributed by atoms with E-state index >= 15 is 0 Å². The third-order valence-corrected chi connectivity index (χ3v) is 4.90. The fourth-order valence-corrected chi connectivity index (χ4v) is 3.39. The second-order valence-electron chi connectivity index (χ2n) is 6.17. The van der Waals surface area contributed by atoms with Crippen LogP contribution in [0.4, 0.5) is 5.82 Å². The van der Waals surface area contributed by atoms with Crippen LogP contribution in [0.2, 0.25) is 0 Å².